The summed E-state index contributed by atoms with van der Waals surface area (Å²) < 4.78 is 5.81. The maximum absolute atomic E-state index is 12.6. The minimum atomic E-state index is 0.300. The Morgan fingerprint density at radius 3 is 1.63 bits per heavy atom. The van der Waals surface area contributed by atoms with E-state index in [0.29, 0.717) is 12.3 Å². The van der Waals surface area contributed by atoms with Crippen LogP contribution < -0.4 is 9.64 Å². The van der Waals surface area contributed by atoms with Crippen molar-refractivity contribution < 1.29 is 9.53 Å². The van der Waals surface area contributed by atoms with Crippen LogP contribution in [0.25, 0.3) is 0 Å². The first kappa shape index (κ1) is 38.1. The third-order valence-corrected chi connectivity index (χ3v) is 9.11. The second kappa shape index (κ2) is 21.2. The minimum absolute atomic E-state index is 0.300. The SMILES string of the molecule is CCCCCCCC(=O)N1CCN(c2ccc(N=Nc3ccc(N=Cc4ccc(N=Nc5ccc(OCCCCCC)cc5)cc4)cc3)cc2)CC1. The van der Waals surface area contributed by atoms with E-state index in [-0.39, 0.29) is 0 Å². The van der Waals surface area contributed by atoms with Gasteiger partial charge in [0.15, 0.2) is 0 Å². The van der Waals surface area contributed by atoms with Crippen molar-refractivity contribution >= 4 is 46.2 Å². The van der Waals surface area contributed by atoms with Crippen LogP contribution in [0, 0.1) is 0 Å². The number of rotatable bonds is 19. The molecule has 4 aromatic rings. The first-order chi connectivity index (χ1) is 25.6. The molecule has 0 radical (unpaired) electrons. The van der Waals surface area contributed by atoms with Crippen LogP contribution in [0.2, 0.25) is 0 Å². The summed E-state index contributed by atoms with van der Waals surface area (Å²) in [7, 11) is 0. The molecule has 1 heterocycles. The standard InChI is InChI=1S/C43H53N7O2/c1-3-5-7-9-10-12-43(51)50-31-29-49(30-32-50)41-25-21-39(22-26-41)47-46-38-19-17-36(18-20-38)44-34-35-13-15-37(16-14-35)45-48-40-23-27-42(28-24-40)52-33-11-8-6-4-2/h13-28,34H,3-12,29-33H2,1-2H3. The van der Waals surface area contributed by atoms with Gasteiger partial charge in [0.1, 0.15) is 5.75 Å². The molecule has 1 aliphatic heterocycles. The zero-order chi connectivity index (χ0) is 36.2. The lowest BCUT2D eigenvalue weighted by Crippen LogP contribution is -2.48. The van der Waals surface area contributed by atoms with Crippen LogP contribution in [-0.4, -0.2) is 49.8 Å². The number of piperazine rings is 1. The highest BCUT2D eigenvalue weighted by Gasteiger charge is 2.20. The summed E-state index contributed by atoms with van der Waals surface area (Å²) in [5.41, 5.74) is 6.04. The summed E-state index contributed by atoms with van der Waals surface area (Å²) in [5.74, 6) is 1.16. The summed E-state index contributed by atoms with van der Waals surface area (Å²) in [6.07, 6.45) is 13.1. The zero-order valence-electron chi connectivity index (χ0n) is 30.9. The van der Waals surface area contributed by atoms with Crippen molar-refractivity contribution in [2.24, 2.45) is 25.4 Å². The van der Waals surface area contributed by atoms with Crippen LogP contribution in [0.15, 0.2) is 123 Å². The van der Waals surface area contributed by atoms with Crippen LogP contribution in [-0.2, 0) is 4.79 Å². The normalized spacial score (nSPS) is 13.5. The monoisotopic (exact) mass is 699 g/mol. The van der Waals surface area contributed by atoms with Crippen molar-refractivity contribution in [1.29, 1.82) is 0 Å². The number of azo groups is 2. The molecule has 1 fully saturated rings. The van der Waals surface area contributed by atoms with E-state index < -0.39 is 0 Å². The number of carbonyl (C=O) groups is 1. The molecule has 0 bridgehead atoms. The Hall–Kier alpha value is -5.18. The van der Waals surface area contributed by atoms with E-state index in [1.807, 2.05) is 96.0 Å². The molecule has 52 heavy (non-hydrogen) atoms. The highest BCUT2D eigenvalue weighted by molar-refractivity contribution is 5.82. The summed E-state index contributed by atoms with van der Waals surface area (Å²) in [6, 6.07) is 31.3. The minimum Gasteiger partial charge on any atom is -0.494 e. The lowest BCUT2D eigenvalue weighted by atomic mass is 10.1. The maximum Gasteiger partial charge on any atom is 0.222 e. The van der Waals surface area contributed by atoms with E-state index in [0.717, 1.165) is 97.5 Å². The molecule has 0 unspecified atom stereocenters. The molecule has 0 aromatic heterocycles. The number of anilines is 1. The van der Waals surface area contributed by atoms with Crippen LogP contribution >= 0.6 is 0 Å². The first-order valence-electron chi connectivity index (χ1n) is 19.0. The highest BCUT2D eigenvalue weighted by atomic mass is 16.5. The smallest absolute Gasteiger partial charge is 0.222 e. The second-order valence-corrected chi connectivity index (χ2v) is 13.2. The number of ether oxygens (including phenoxy) is 1. The fourth-order valence-electron chi connectivity index (χ4n) is 5.92. The lowest BCUT2D eigenvalue weighted by molar-refractivity contribution is -0.131. The number of hydrogen-bond acceptors (Lipinski definition) is 8. The number of hydrogen-bond donors (Lipinski definition) is 0. The van der Waals surface area contributed by atoms with Crippen molar-refractivity contribution in [2.45, 2.75) is 78.1 Å². The Morgan fingerprint density at radius 2 is 1.06 bits per heavy atom. The van der Waals surface area contributed by atoms with Gasteiger partial charge in [0.05, 0.1) is 35.0 Å². The maximum atomic E-state index is 12.6. The molecule has 0 atom stereocenters. The fraction of sp³-hybridized carbons (Fsp3) is 0.395. The second-order valence-electron chi connectivity index (χ2n) is 13.2. The molecule has 0 spiro atoms. The van der Waals surface area contributed by atoms with Gasteiger partial charge < -0.3 is 14.5 Å². The van der Waals surface area contributed by atoms with Gasteiger partial charge in [-0.25, -0.2) is 0 Å². The molecule has 0 N–H and O–H groups in total. The Labute approximate surface area is 309 Å². The molecule has 0 aliphatic carbocycles. The summed E-state index contributed by atoms with van der Waals surface area (Å²) in [5, 5.41) is 17.6. The molecule has 1 amide bonds. The van der Waals surface area contributed by atoms with Gasteiger partial charge >= 0.3 is 0 Å². The van der Waals surface area contributed by atoms with Crippen molar-refractivity contribution in [3.8, 4) is 5.75 Å². The Kier molecular flexibility index (Phi) is 15.6. The van der Waals surface area contributed by atoms with Crippen LogP contribution in [0.1, 0.15) is 83.6 Å². The van der Waals surface area contributed by atoms with E-state index in [4.69, 9.17) is 4.74 Å². The number of carbonyl (C=O) groups excluding carboxylic acids is 1. The van der Waals surface area contributed by atoms with E-state index in [2.05, 4.69) is 56.3 Å². The van der Waals surface area contributed by atoms with Gasteiger partial charge in [-0.3, -0.25) is 9.79 Å². The third kappa shape index (κ3) is 12.9. The third-order valence-electron chi connectivity index (χ3n) is 9.11. The zero-order valence-corrected chi connectivity index (χ0v) is 30.9. The summed E-state index contributed by atoms with van der Waals surface area (Å²) >= 11 is 0. The van der Waals surface area contributed by atoms with E-state index in [9.17, 15) is 4.79 Å². The highest BCUT2D eigenvalue weighted by Crippen LogP contribution is 2.26. The number of nitrogens with zero attached hydrogens (tertiary/aromatic N) is 7. The molecule has 4 aromatic carbocycles. The largest absolute Gasteiger partial charge is 0.494 e. The fourth-order valence-corrected chi connectivity index (χ4v) is 5.92. The van der Waals surface area contributed by atoms with Crippen LogP contribution in [0.5, 0.6) is 5.75 Å². The van der Waals surface area contributed by atoms with Gasteiger partial charge in [-0.05, 0) is 103 Å². The predicted molar refractivity (Wildman–Crippen MR) is 213 cm³/mol. The average Bonchev–Trinajstić information content (AvgIpc) is 3.20. The molecule has 0 saturated carbocycles. The number of aliphatic imine (C=N–C) groups is 1. The Morgan fingerprint density at radius 1 is 0.577 bits per heavy atom. The molecule has 1 aliphatic rings. The van der Waals surface area contributed by atoms with Gasteiger partial charge in [0, 0.05) is 44.5 Å². The van der Waals surface area contributed by atoms with Crippen molar-refractivity contribution in [1.82, 2.24) is 4.90 Å². The Balaban J connectivity index is 1.03. The van der Waals surface area contributed by atoms with E-state index in [1.54, 1.807) is 0 Å². The quantitative estimate of drug-likeness (QED) is 0.0553. The topological polar surface area (TPSA) is 94.6 Å². The summed E-state index contributed by atoms with van der Waals surface area (Å²) in [4.78, 5) is 21.5. The van der Waals surface area contributed by atoms with E-state index >= 15 is 0 Å². The van der Waals surface area contributed by atoms with Crippen LogP contribution in [0.3, 0.4) is 0 Å². The number of benzene rings is 4. The van der Waals surface area contributed by atoms with Crippen LogP contribution in [0.4, 0.5) is 34.1 Å². The molecule has 5 rings (SSSR count). The average molecular weight is 700 g/mol. The van der Waals surface area contributed by atoms with Crippen molar-refractivity contribution in [3.05, 3.63) is 103 Å². The van der Waals surface area contributed by atoms with Gasteiger partial charge in [-0.2, -0.15) is 20.5 Å². The number of amides is 1. The van der Waals surface area contributed by atoms with Crippen molar-refractivity contribution in [2.75, 3.05) is 37.7 Å². The van der Waals surface area contributed by atoms with Gasteiger partial charge in [0.2, 0.25) is 5.91 Å². The van der Waals surface area contributed by atoms with Crippen molar-refractivity contribution in [3.63, 3.8) is 0 Å². The molecule has 9 nitrogen and oxygen atoms in total. The summed E-state index contributed by atoms with van der Waals surface area (Å²) in [6.45, 7) is 8.42. The molecule has 272 valence electrons. The Bertz CT molecular complexity index is 1710. The molecular formula is C43H53N7O2. The lowest BCUT2D eigenvalue weighted by Gasteiger charge is -2.36. The predicted octanol–water partition coefficient (Wildman–Crippen LogP) is 12.2. The van der Waals surface area contributed by atoms with E-state index in [1.165, 1.54) is 38.5 Å². The first-order valence-corrected chi connectivity index (χ1v) is 19.0. The molecular weight excluding hydrogens is 647 g/mol. The van der Waals surface area contributed by atoms with Gasteiger partial charge in [-0.1, -0.05) is 70.9 Å². The molecule has 1 saturated heterocycles. The van der Waals surface area contributed by atoms with Gasteiger partial charge in [0.25, 0.3) is 0 Å². The number of unbranched alkanes of at least 4 members (excludes halogenated alkanes) is 7. The van der Waals surface area contributed by atoms with Gasteiger partial charge in [-0.15, -0.1) is 0 Å². The molecule has 9 heteroatoms.